The molecule has 1 aliphatic rings. The van der Waals surface area contributed by atoms with Gasteiger partial charge < -0.3 is 5.32 Å². The normalized spacial score (nSPS) is 14.6. The molecule has 1 heterocycles. The molecule has 0 aliphatic heterocycles. The molecule has 6 heteroatoms. The molecule has 0 saturated heterocycles. The van der Waals surface area contributed by atoms with Crippen LogP contribution in [0, 0.1) is 6.92 Å². The van der Waals surface area contributed by atoms with Crippen LogP contribution in [-0.2, 0) is 4.79 Å². The lowest BCUT2D eigenvalue weighted by Crippen LogP contribution is -2.29. The number of aryl methyl sites for hydroxylation is 1. The van der Waals surface area contributed by atoms with Crippen LogP contribution in [0.15, 0.2) is 35.4 Å². The Hall–Kier alpha value is -2.21. The molecule has 1 atom stereocenters. The van der Waals surface area contributed by atoms with Crippen LogP contribution in [-0.4, -0.2) is 34.0 Å². The summed E-state index contributed by atoms with van der Waals surface area (Å²) >= 11 is 1.32. The van der Waals surface area contributed by atoms with E-state index in [0.717, 1.165) is 18.7 Å². The third-order valence-electron chi connectivity index (χ3n) is 4.68. The summed E-state index contributed by atoms with van der Waals surface area (Å²) in [6.07, 6.45) is 2.20. The Morgan fingerprint density at radius 1 is 1.22 bits per heavy atom. The number of rotatable bonds is 8. The summed E-state index contributed by atoms with van der Waals surface area (Å²) in [6.45, 7) is 6.04. The standard InChI is InChI=1S/C21H25N3O2S/c1-13(16-7-5-4-6-8-16)11-22-18(26)12-27-21-19(15(3)25)14(2)23-20(24-21)17-9-10-17/h4-8,13,17H,9-12H2,1-3H3,(H,22,26)/t13-/m1/s1. The van der Waals surface area contributed by atoms with E-state index in [2.05, 4.69) is 34.3 Å². The van der Waals surface area contributed by atoms with E-state index in [0.29, 0.717) is 28.7 Å². The second-order valence-corrected chi connectivity index (χ2v) is 8.05. The molecule has 1 fully saturated rings. The number of benzene rings is 1. The molecule has 2 aromatic rings. The molecule has 1 saturated carbocycles. The quantitative estimate of drug-likeness (QED) is 0.425. The van der Waals surface area contributed by atoms with Crippen LogP contribution in [0.5, 0.6) is 0 Å². The molecule has 142 valence electrons. The first-order valence-corrected chi connectivity index (χ1v) is 10.3. The molecular weight excluding hydrogens is 358 g/mol. The maximum atomic E-state index is 12.3. The highest BCUT2D eigenvalue weighted by Gasteiger charge is 2.29. The lowest BCUT2D eigenvalue weighted by Gasteiger charge is -2.14. The van der Waals surface area contributed by atoms with Gasteiger partial charge in [0, 0.05) is 12.5 Å². The highest BCUT2D eigenvalue weighted by atomic mass is 32.2. The Kier molecular flexibility index (Phi) is 6.26. The van der Waals surface area contributed by atoms with Crippen molar-refractivity contribution >= 4 is 23.5 Å². The monoisotopic (exact) mass is 383 g/mol. The number of amides is 1. The van der Waals surface area contributed by atoms with Crippen LogP contribution in [0.3, 0.4) is 0 Å². The average molecular weight is 384 g/mol. The smallest absolute Gasteiger partial charge is 0.230 e. The Bertz CT molecular complexity index is 835. The van der Waals surface area contributed by atoms with Crippen molar-refractivity contribution in [3.8, 4) is 0 Å². The summed E-state index contributed by atoms with van der Waals surface area (Å²) in [7, 11) is 0. The van der Waals surface area contributed by atoms with E-state index in [1.807, 2.05) is 25.1 Å². The Morgan fingerprint density at radius 3 is 2.56 bits per heavy atom. The number of carbonyl (C=O) groups excluding carboxylic acids is 2. The van der Waals surface area contributed by atoms with Gasteiger partial charge in [0.05, 0.1) is 17.0 Å². The molecule has 0 spiro atoms. The number of carbonyl (C=O) groups is 2. The van der Waals surface area contributed by atoms with Gasteiger partial charge in [-0.05, 0) is 38.2 Å². The van der Waals surface area contributed by atoms with Crippen LogP contribution >= 0.6 is 11.8 Å². The fourth-order valence-electron chi connectivity index (χ4n) is 2.95. The van der Waals surface area contributed by atoms with Crippen molar-refractivity contribution in [1.29, 1.82) is 0 Å². The first-order valence-electron chi connectivity index (χ1n) is 9.29. The molecule has 1 amide bonds. The number of nitrogens with one attached hydrogen (secondary N) is 1. The molecule has 0 radical (unpaired) electrons. The first kappa shape index (κ1) is 19.5. The van der Waals surface area contributed by atoms with E-state index in [-0.39, 0.29) is 23.4 Å². The van der Waals surface area contributed by atoms with Crippen molar-refractivity contribution in [1.82, 2.24) is 15.3 Å². The molecular formula is C21H25N3O2S. The van der Waals surface area contributed by atoms with Gasteiger partial charge in [0.25, 0.3) is 0 Å². The van der Waals surface area contributed by atoms with Gasteiger partial charge in [-0.1, -0.05) is 49.0 Å². The summed E-state index contributed by atoms with van der Waals surface area (Å²) in [5.74, 6) is 1.58. The number of hydrogen-bond donors (Lipinski definition) is 1. The number of aromatic nitrogens is 2. The van der Waals surface area contributed by atoms with Gasteiger partial charge in [-0.2, -0.15) is 0 Å². The van der Waals surface area contributed by atoms with Crippen LogP contribution in [0.25, 0.3) is 0 Å². The summed E-state index contributed by atoms with van der Waals surface area (Å²) in [5, 5.41) is 3.60. The maximum Gasteiger partial charge on any atom is 0.230 e. The summed E-state index contributed by atoms with van der Waals surface area (Å²) < 4.78 is 0. The topological polar surface area (TPSA) is 72.0 Å². The van der Waals surface area contributed by atoms with Crippen LogP contribution in [0.1, 0.15) is 66.0 Å². The SMILES string of the molecule is CC(=O)c1c(C)nc(C2CC2)nc1SCC(=O)NC[C@@H](C)c1ccccc1. The van der Waals surface area contributed by atoms with Crippen molar-refractivity contribution in [3.05, 3.63) is 53.0 Å². The minimum absolute atomic E-state index is 0.0541. The molecule has 1 aliphatic carbocycles. The highest BCUT2D eigenvalue weighted by Crippen LogP contribution is 2.39. The van der Waals surface area contributed by atoms with Crippen molar-refractivity contribution in [3.63, 3.8) is 0 Å². The summed E-state index contributed by atoms with van der Waals surface area (Å²) in [5.41, 5.74) is 2.44. The minimum atomic E-state index is -0.0598. The molecule has 1 N–H and O–H groups in total. The molecule has 1 aromatic heterocycles. The zero-order valence-corrected chi connectivity index (χ0v) is 16.8. The van der Waals surface area contributed by atoms with Crippen LogP contribution < -0.4 is 5.32 Å². The van der Waals surface area contributed by atoms with E-state index in [1.54, 1.807) is 0 Å². The van der Waals surface area contributed by atoms with Crippen molar-refractivity contribution < 1.29 is 9.59 Å². The number of Topliss-reactive ketones (excluding diaryl/α,β-unsaturated/α-hetero) is 1. The molecule has 3 rings (SSSR count). The number of hydrogen-bond acceptors (Lipinski definition) is 5. The van der Waals surface area contributed by atoms with Gasteiger partial charge in [0.15, 0.2) is 5.78 Å². The van der Waals surface area contributed by atoms with Crippen molar-refractivity contribution in [2.75, 3.05) is 12.3 Å². The van der Waals surface area contributed by atoms with Crippen LogP contribution in [0.2, 0.25) is 0 Å². The zero-order valence-electron chi connectivity index (χ0n) is 16.0. The van der Waals surface area contributed by atoms with Gasteiger partial charge in [0.1, 0.15) is 10.9 Å². The second kappa shape index (κ2) is 8.65. The predicted molar refractivity (Wildman–Crippen MR) is 107 cm³/mol. The Labute approximate surface area is 164 Å². The maximum absolute atomic E-state index is 12.3. The minimum Gasteiger partial charge on any atom is -0.355 e. The first-order chi connectivity index (χ1) is 13.0. The fraction of sp³-hybridized carbons (Fsp3) is 0.429. The van der Waals surface area contributed by atoms with Gasteiger partial charge in [0.2, 0.25) is 5.91 Å². The highest BCUT2D eigenvalue weighted by molar-refractivity contribution is 8.00. The largest absolute Gasteiger partial charge is 0.355 e. The number of nitrogens with zero attached hydrogens (tertiary/aromatic N) is 2. The summed E-state index contributed by atoms with van der Waals surface area (Å²) in [4.78, 5) is 33.4. The molecule has 27 heavy (non-hydrogen) atoms. The number of thioether (sulfide) groups is 1. The predicted octanol–water partition coefficient (Wildman–Crippen LogP) is 3.88. The van der Waals surface area contributed by atoms with E-state index < -0.39 is 0 Å². The average Bonchev–Trinajstić information content (AvgIpc) is 3.49. The van der Waals surface area contributed by atoms with Crippen molar-refractivity contribution in [2.45, 2.75) is 50.5 Å². The molecule has 1 aromatic carbocycles. The van der Waals surface area contributed by atoms with Gasteiger partial charge in [-0.3, -0.25) is 9.59 Å². The van der Waals surface area contributed by atoms with E-state index in [9.17, 15) is 9.59 Å². The Morgan fingerprint density at radius 2 is 1.93 bits per heavy atom. The third-order valence-corrected chi connectivity index (χ3v) is 5.66. The van der Waals surface area contributed by atoms with E-state index in [1.165, 1.54) is 24.2 Å². The fourth-order valence-corrected chi connectivity index (χ4v) is 3.92. The van der Waals surface area contributed by atoms with Crippen LogP contribution in [0.4, 0.5) is 0 Å². The second-order valence-electron chi connectivity index (χ2n) is 7.08. The van der Waals surface area contributed by atoms with E-state index >= 15 is 0 Å². The van der Waals surface area contributed by atoms with E-state index in [4.69, 9.17) is 0 Å². The van der Waals surface area contributed by atoms with Crippen molar-refractivity contribution in [2.24, 2.45) is 0 Å². The lowest BCUT2D eigenvalue weighted by molar-refractivity contribution is -0.118. The molecule has 5 nitrogen and oxygen atoms in total. The third kappa shape index (κ3) is 5.16. The van der Waals surface area contributed by atoms with Gasteiger partial charge >= 0.3 is 0 Å². The number of ketones is 1. The molecule has 0 bridgehead atoms. The summed E-state index contributed by atoms with van der Waals surface area (Å²) in [6, 6.07) is 10.1. The zero-order chi connectivity index (χ0) is 19.4. The van der Waals surface area contributed by atoms with Gasteiger partial charge in [-0.15, -0.1) is 0 Å². The van der Waals surface area contributed by atoms with Gasteiger partial charge in [-0.25, -0.2) is 9.97 Å². The molecule has 0 unspecified atom stereocenters. The Balaban J connectivity index is 1.60. The lowest BCUT2D eigenvalue weighted by atomic mass is 10.0.